The Morgan fingerprint density at radius 3 is 2.89 bits per heavy atom. The second-order valence-corrected chi connectivity index (χ2v) is 5.96. The summed E-state index contributed by atoms with van der Waals surface area (Å²) < 4.78 is 5.16. The number of rotatable bonds is 5. The molecule has 4 atom stereocenters. The molecule has 0 radical (unpaired) electrons. The summed E-state index contributed by atoms with van der Waals surface area (Å²) in [5, 5.41) is 13.0. The Kier molecular flexibility index (Phi) is 3.35. The number of aliphatic hydroxyl groups is 1. The predicted molar refractivity (Wildman–Crippen MR) is 70.2 cm³/mol. The van der Waals surface area contributed by atoms with Crippen LogP contribution in [0.2, 0.25) is 0 Å². The van der Waals surface area contributed by atoms with Crippen LogP contribution in [-0.2, 0) is 4.79 Å². The third kappa shape index (κ3) is 2.54. The normalized spacial score (nSPS) is 31.6. The lowest BCUT2D eigenvalue weighted by molar-refractivity contribution is -0.123. The van der Waals surface area contributed by atoms with Crippen LogP contribution in [0.3, 0.4) is 0 Å². The third-order valence-electron chi connectivity index (χ3n) is 4.55. The Hall–Kier alpha value is -1.29. The van der Waals surface area contributed by atoms with E-state index in [4.69, 9.17) is 4.42 Å². The highest BCUT2D eigenvalue weighted by Crippen LogP contribution is 2.57. The summed E-state index contributed by atoms with van der Waals surface area (Å²) in [7, 11) is 0. The smallest absolute Gasteiger partial charge is 0.223 e. The maximum Gasteiger partial charge on any atom is 0.223 e. The number of carbonyl (C=O) groups is 1. The number of amides is 1. The molecular formula is C15H21NO3. The highest BCUT2D eigenvalue weighted by Gasteiger charge is 2.56. The molecule has 2 fully saturated rings. The van der Waals surface area contributed by atoms with Crippen molar-refractivity contribution in [3.8, 4) is 0 Å². The summed E-state index contributed by atoms with van der Waals surface area (Å²) in [6, 6.07) is 3.48. The van der Waals surface area contributed by atoms with Gasteiger partial charge in [0.25, 0.3) is 0 Å². The number of aliphatic hydroxyl groups excluding tert-OH is 1. The predicted octanol–water partition coefficient (Wildman–Crippen LogP) is 2.25. The fourth-order valence-electron chi connectivity index (χ4n) is 3.54. The molecule has 2 N–H and O–H groups in total. The zero-order valence-electron chi connectivity index (χ0n) is 11.2. The van der Waals surface area contributed by atoms with Gasteiger partial charge in [0.2, 0.25) is 5.91 Å². The molecule has 0 bridgehead atoms. The monoisotopic (exact) mass is 263 g/mol. The van der Waals surface area contributed by atoms with E-state index >= 15 is 0 Å². The van der Waals surface area contributed by atoms with Crippen molar-refractivity contribution < 1.29 is 14.3 Å². The largest absolute Gasteiger partial charge is 0.467 e. The van der Waals surface area contributed by atoms with Crippen LogP contribution in [0.4, 0.5) is 0 Å². The van der Waals surface area contributed by atoms with Gasteiger partial charge in [0, 0.05) is 18.4 Å². The van der Waals surface area contributed by atoms with Gasteiger partial charge in [-0.15, -0.1) is 0 Å². The summed E-state index contributed by atoms with van der Waals surface area (Å²) >= 11 is 0. The van der Waals surface area contributed by atoms with E-state index < -0.39 is 6.10 Å². The number of hydrogen-bond acceptors (Lipinski definition) is 3. The Labute approximate surface area is 113 Å². The molecule has 4 heteroatoms. The van der Waals surface area contributed by atoms with Gasteiger partial charge in [-0.05, 0) is 43.7 Å². The molecule has 4 nitrogen and oxygen atoms in total. The molecular weight excluding hydrogens is 242 g/mol. The van der Waals surface area contributed by atoms with E-state index in [0.29, 0.717) is 24.0 Å². The highest BCUT2D eigenvalue weighted by molar-refractivity contribution is 5.82. The van der Waals surface area contributed by atoms with Crippen molar-refractivity contribution in [2.75, 3.05) is 0 Å². The number of nitrogens with one attached hydrogen (secondary N) is 1. The molecule has 2 aliphatic rings. The van der Waals surface area contributed by atoms with E-state index in [2.05, 4.69) is 5.32 Å². The molecule has 4 unspecified atom stereocenters. The van der Waals surface area contributed by atoms with E-state index in [9.17, 15) is 9.90 Å². The Balaban J connectivity index is 1.46. The molecule has 0 spiro atoms. The average Bonchev–Trinajstić information content (AvgIpc) is 2.79. The van der Waals surface area contributed by atoms with Crippen LogP contribution in [0, 0.1) is 17.8 Å². The molecule has 3 rings (SSSR count). The standard InChI is InChI=1S/C15H21NO3/c1-9(8-12(17)13-6-3-7-19-13)16-15(18)14-10-4-2-5-11(10)14/h3,6-7,9-12,14,17H,2,4-5,8H2,1H3,(H,16,18). The second-order valence-electron chi connectivity index (χ2n) is 5.96. The van der Waals surface area contributed by atoms with Crippen LogP contribution in [0.1, 0.15) is 44.5 Å². The minimum Gasteiger partial charge on any atom is -0.467 e. The number of hydrogen-bond donors (Lipinski definition) is 2. The van der Waals surface area contributed by atoms with Crippen molar-refractivity contribution >= 4 is 5.91 Å². The summed E-state index contributed by atoms with van der Waals surface area (Å²) in [5.41, 5.74) is 0. The van der Waals surface area contributed by atoms with Gasteiger partial charge in [-0.3, -0.25) is 4.79 Å². The number of carbonyl (C=O) groups excluding carboxylic acids is 1. The van der Waals surface area contributed by atoms with Crippen molar-refractivity contribution in [2.45, 2.75) is 44.8 Å². The second kappa shape index (κ2) is 5.00. The summed E-state index contributed by atoms with van der Waals surface area (Å²) in [6.45, 7) is 1.93. The number of fused-ring (bicyclic) bond motifs is 1. The van der Waals surface area contributed by atoms with E-state index in [1.54, 1.807) is 18.4 Å². The van der Waals surface area contributed by atoms with Gasteiger partial charge in [-0.25, -0.2) is 0 Å². The van der Waals surface area contributed by atoms with E-state index in [0.717, 1.165) is 0 Å². The zero-order chi connectivity index (χ0) is 13.4. The first-order valence-corrected chi connectivity index (χ1v) is 7.18. The minimum absolute atomic E-state index is 0.0334. The number of furan rings is 1. The van der Waals surface area contributed by atoms with Crippen LogP contribution in [0.5, 0.6) is 0 Å². The van der Waals surface area contributed by atoms with E-state index in [1.165, 1.54) is 19.3 Å². The lowest BCUT2D eigenvalue weighted by Crippen LogP contribution is -2.35. The molecule has 2 saturated carbocycles. The summed E-state index contributed by atoms with van der Waals surface area (Å²) in [6.07, 6.45) is 5.10. The molecule has 0 saturated heterocycles. The first kappa shape index (κ1) is 12.7. The first-order chi connectivity index (χ1) is 9.16. The Morgan fingerprint density at radius 1 is 1.53 bits per heavy atom. The van der Waals surface area contributed by atoms with Gasteiger partial charge in [0.05, 0.1) is 6.26 Å². The molecule has 1 amide bonds. The van der Waals surface area contributed by atoms with Gasteiger partial charge in [-0.1, -0.05) is 6.42 Å². The summed E-state index contributed by atoms with van der Waals surface area (Å²) in [5.74, 6) is 2.26. The zero-order valence-corrected chi connectivity index (χ0v) is 11.2. The first-order valence-electron chi connectivity index (χ1n) is 7.18. The van der Waals surface area contributed by atoms with Crippen molar-refractivity contribution in [3.63, 3.8) is 0 Å². The average molecular weight is 263 g/mol. The van der Waals surface area contributed by atoms with Crippen LogP contribution in [0.15, 0.2) is 22.8 Å². The fourth-order valence-corrected chi connectivity index (χ4v) is 3.54. The molecule has 0 aromatic carbocycles. The molecule has 1 aromatic rings. The maximum atomic E-state index is 12.1. The van der Waals surface area contributed by atoms with Crippen molar-refractivity contribution in [3.05, 3.63) is 24.2 Å². The van der Waals surface area contributed by atoms with Crippen LogP contribution < -0.4 is 5.32 Å². The molecule has 104 valence electrons. The van der Waals surface area contributed by atoms with Crippen LogP contribution >= 0.6 is 0 Å². The molecule has 1 aromatic heterocycles. The van der Waals surface area contributed by atoms with Crippen molar-refractivity contribution in [1.82, 2.24) is 5.32 Å². The van der Waals surface area contributed by atoms with Crippen LogP contribution in [-0.4, -0.2) is 17.1 Å². The minimum atomic E-state index is -0.649. The lowest BCUT2D eigenvalue weighted by Gasteiger charge is -2.17. The molecule has 19 heavy (non-hydrogen) atoms. The Bertz CT molecular complexity index is 432. The quantitative estimate of drug-likeness (QED) is 0.856. The highest BCUT2D eigenvalue weighted by atomic mass is 16.4. The van der Waals surface area contributed by atoms with Gasteiger partial charge in [0.1, 0.15) is 11.9 Å². The van der Waals surface area contributed by atoms with Crippen LogP contribution in [0.25, 0.3) is 0 Å². The SMILES string of the molecule is CC(CC(O)c1ccco1)NC(=O)C1C2CCCC21. The van der Waals surface area contributed by atoms with Crippen molar-refractivity contribution in [1.29, 1.82) is 0 Å². The molecule has 0 aliphatic heterocycles. The lowest BCUT2D eigenvalue weighted by atomic mass is 10.1. The van der Waals surface area contributed by atoms with Gasteiger partial charge < -0.3 is 14.8 Å². The van der Waals surface area contributed by atoms with E-state index in [-0.39, 0.29) is 17.9 Å². The van der Waals surface area contributed by atoms with Gasteiger partial charge in [-0.2, -0.15) is 0 Å². The third-order valence-corrected chi connectivity index (χ3v) is 4.55. The van der Waals surface area contributed by atoms with Gasteiger partial charge in [0.15, 0.2) is 0 Å². The van der Waals surface area contributed by atoms with E-state index in [1.807, 2.05) is 6.92 Å². The van der Waals surface area contributed by atoms with Gasteiger partial charge >= 0.3 is 0 Å². The Morgan fingerprint density at radius 2 is 2.26 bits per heavy atom. The summed E-state index contributed by atoms with van der Waals surface area (Å²) in [4.78, 5) is 12.1. The van der Waals surface area contributed by atoms with Crippen molar-refractivity contribution in [2.24, 2.45) is 17.8 Å². The maximum absolute atomic E-state index is 12.1. The topological polar surface area (TPSA) is 62.5 Å². The molecule has 1 heterocycles. The fraction of sp³-hybridized carbons (Fsp3) is 0.667. The molecule has 2 aliphatic carbocycles.